The number of imidazole rings is 1. The van der Waals surface area contributed by atoms with Crippen LogP contribution in [0.25, 0.3) is 16.6 Å². The molecule has 1 aliphatic heterocycles. The first-order valence-corrected chi connectivity index (χ1v) is 9.82. The van der Waals surface area contributed by atoms with Gasteiger partial charge in [0.05, 0.1) is 23.2 Å². The number of fused-ring (bicyclic) bond motifs is 3. The average molecular weight is 398 g/mol. The van der Waals surface area contributed by atoms with E-state index in [9.17, 15) is 4.79 Å². The Balaban J connectivity index is 1.48. The number of pyridine rings is 1. The van der Waals surface area contributed by atoms with Crippen molar-refractivity contribution in [2.24, 2.45) is 0 Å². The molecular formula is C22H18N6O2. The van der Waals surface area contributed by atoms with Crippen LogP contribution in [0, 0.1) is 6.92 Å². The van der Waals surface area contributed by atoms with Crippen molar-refractivity contribution in [1.82, 2.24) is 29.5 Å². The monoisotopic (exact) mass is 398 g/mol. The molecule has 0 fully saturated rings. The highest BCUT2D eigenvalue weighted by Crippen LogP contribution is 2.34. The number of rotatable bonds is 2. The number of hydrogen-bond donors (Lipinski definition) is 1. The zero-order chi connectivity index (χ0) is 20.2. The number of nitrogens with zero attached hydrogens (tertiary/aromatic N) is 5. The number of carbonyl (C=O) groups is 1. The molecule has 5 heterocycles. The molecule has 30 heavy (non-hydrogen) atoms. The van der Waals surface area contributed by atoms with Gasteiger partial charge in [-0.05, 0) is 36.8 Å². The van der Waals surface area contributed by atoms with E-state index in [1.165, 1.54) is 0 Å². The third-order valence-corrected chi connectivity index (χ3v) is 5.67. The third-order valence-electron chi connectivity index (χ3n) is 5.67. The van der Waals surface area contributed by atoms with Gasteiger partial charge in [0.1, 0.15) is 11.6 Å². The average Bonchev–Trinajstić information content (AvgIpc) is 3.49. The second kappa shape index (κ2) is 6.28. The number of benzene rings is 1. The molecule has 0 bridgehead atoms. The van der Waals surface area contributed by atoms with Crippen LogP contribution in [-0.4, -0.2) is 41.9 Å². The first kappa shape index (κ1) is 17.0. The first-order valence-electron chi connectivity index (χ1n) is 9.82. The van der Waals surface area contributed by atoms with Gasteiger partial charge in [-0.3, -0.25) is 4.79 Å². The predicted molar refractivity (Wildman–Crippen MR) is 109 cm³/mol. The Morgan fingerprint density at radius 2 is 2.13 bits per heavy atom. The number of aromatic nitrogens is 5. The molecule has 148 valence electrons. The van der Waals surface area contributed by atoms with Gasteiger partial charge >= 0.3 is 5.91 Å². The molecule has 0 radical (unpaired) electrons. The van der Waals surface area contributed by atoms with Crippen LogP contribution in [-0.2, 0) is 6.42 Å². The second-order valence-corrected chi connectivity index (χ2v) is 7.49. The minimum Gasteiger partial charge on any atom is -0.432 e. The van der Waals surface area contributed by atoms with Gasteiger partial charge < -0.3 is 14.3 Å². The highest BCUT2D eigenvalue weighted by Gasteiger charge is 2.38. The molecule has 8 heteroatoms. The zero-order valence-electron chi connectivity index (χ0n) is 16.2. The molecule has 0 aliphatic carbocycles. The second-order valence-electron chi connectivity index (χ2n) is 7.49. The molecule has 1 amide bonds. The fraction of sp³-hybridized carbons (Fsp3) is 0.182. The van der Waals surface area contributed by atoms with Gasteiger partial charge in [-0.2, -0.15) is 5.10 Å². The summed E-state index contributed by atoms with van der Waals surface area (Å²) in [6.45, 7) is 2.56. The lowest BCUT2D eigenvalue weighted by Crippen LogP contribution is -2.41. The van der Waals surface area contributed by atoms with E-state index < -0.39 is 6.04 Å². The summed E-state index contributed by atoms with van der Waals surface area (Å²) in [5, 5.41) is 4.76. The lowest BCUT2D eigenvalue weighted by molar-refractivity contribution is 0.0648. The Kier molecular flexibility index (Phi) is 3.55. The van der Waals surface area contributed by atoms with Crippen LogP contribution in [0.4, 0.5) is 0 Å². The maximum absolute atomic E-state index is 13.5. The standard InChI is InChI=1S/C22H18N6O2/c1-13-5-4-9-28-17(13)11-16(26-28)20-19-15(23-12-24-19)8-10-27(20)22(29)21-25-14-6-2-3-7-18(14)30-21/h2-7,9,11-12,20H,8,10H2,1H3,(H,23,24)/t20-/m1/s1. The van der Waals surface area contributed by atoms with Crippen LogP contribution >= 0.6 is 0 Å². The van der Waals surface area contributed by atoms with Gasteiger partial charge in [0.2, 0.25) is 0 Å². The van der Waals surface area contributed by atoms with Crippen molar-refractivity contribution in [1.29, 1.82) is 0 Å². The van der Waals surface area contributed by atoms with Crippen molar-refractivity contribution in [2.75, 3.05) is 6.54 Å². The largest absolute Gasteiger partial charge is 0.432 e. The van der Waals surface area contributed by atoms with Gasteiger partial charge in [0, 0.05) is 24.9 Å². The molecule has 1 aromatic carbocycles. The molecule has 1 atom stereocenters. The van der Waals surface area contributed by atoms with E-state index in [4.69, 9.17) is 9.52 Å². The van der Waals surface area contributed by atoms with Gasteiger partial charge in [-0.25, -0.2) is 14.5 Å². The summed E-state index contributed by atoms with van der Waals surface area (Å²) < 4.78 is 7.60. The number of amides is 1. The van der Waals surface area contributed by atoms with Crippen LogP contribution in [0.3, 0.4) is 0 Å². The Morgan fingerprint density at radius 3 is 3.00 bits per heavy atom. The van der Waals surface area contributed by atoms with Crippen LogP contribution in [0.5, 0.6) is 0 Å². The van der Waals surface area contributed by atoms with Gasteiger partial charge in [0.15, 0.2) is 5.58 Å². The summed E-state index contributed by atoms with van der Waals surface area (Å²) in [4.78, 5) is 27.4. The molecule has 5 aromatic rings. The van der Waals surface area contributed by atoms with Gasteiger partial charge in [-0.1, -0.05) is 18.2 Å². The van der Waals surface area contributed by atoms with E-state index >= 15 is 0 Å². The van der Waals surface area contributed by atoms with Crippen molar-refractivity contribution < 1.29 is 9.21 Å². The van der Waals surface area contributed by atoms with E-state index in [0.717, 1.165) is 28.2 Å². The van der Waals surface area contributed by atoms with Crippen LogP contribution in [0.15, 0.2) is 59.4 Å². The third kappa shape index (κ3) is 2.46. The van der Waals surface area contributed by atoms with Crippen molar-refractivity contribution in [2.45, 2.75) is 19.4 Å². The molecule has 8 nitrogen and oxygen atoms in total. The highest BCUT2D eigenvalue weighted by atomic mass is 16.4. The van der Waals surface area contributed by atoms with Crippen molar-refractivity contribution in [3.8, 4) is 0 Å². The van der Waals surface area contributed by atoms with Crippen LogP contribution < -0.4 is 0 Å². The van der Waals surface area contributed by atoms with Crippen molar-refractivity contribution >= 4 is 22.5 Å². The minimum absolute atomic E-state index is 0.0835. The summed E-state index contributed by atoms with van der Waals surface area (Å²) >= 11 is 0. The fourth-order valence-corrected chi connectivity index (χ4v) is 4.19. The predicted octanol–water partition coefficient (Wildman–Crippen LogP) is 3.29. The zero-order valence-corrected chi connectivity index (χ0v) is 16.2. The normalized spacial score (nSPS) is 16.3. The first-order chi connectivity index (χ1) is 14.7. The summed E-state index contributed by atoms with van der Waals surface area (Å²) in [7, 11) is 0. The van der Waals surface area contributed by atoms with E-state index in [0.29, 0.717) is 24.1 Å². The molecule has 1 aliphatic rings. The Bertz CT molecular complexity index is 1380. The summed E-state index contributed by atoms with van der Waals surface area (Å²) in [5.74, 6) is -0.182. The van der Waals surface area contributed by atoms with Crippen molar-refractivity contribution in [3.05, 3.63) is 83.5 Å². The molecule has 6 rings (SSSR count). The molecule has 0 saturated heterocycles. The van der Waals surface area contributed by atoms with E-state index in [1.807, 2.05) is 60.1 Å². The highest BCUT2D eigenvalue weighted by molar-refractivity contribution is 5.93. The maximum atomic E-state index is 13.5. The molecule has 0 unspecified atom stereocenters. The summed E-state index contributed by atoms with van der Waals surface area (Å²) in [5.41, 5.74) is 5.98. The van der Waals surface area contributed by atoms with E-state index in [1.54, 1.807) is 11.2 Å². The number of hydrogen-bond acceptors (Lipinski definition) is 5. The molecular weight excluding hydrogens is 380 g/mol. The Hall–Kier alpha value is -3.94. The fourth-order valence-electron chi connectivity index (χ4n) is 4.19. The summed E-state index contributed by atoms with van der Waals surface area (Å²) in [6, 6.07) is 13.0. The van der Waals surface area contributed by atoms with Gasteiger partial charge in [-0.15, -0.1) is 0 Å². The summed E-state index contributed by atoms with van der Waals surface area (Å²) in [6.07, 6.45) is 4.27. The number of nitrogens with one attached hydrogen (secondary N) is 1. The lowest BCUT2D eigenvalue weighted by atomic mass is 9.99. The number of aryl methyl sites for hydroxylation is 1. The van der Waals surface area contributed by atoms with E-state index in [-0.39, 0.29) is 11.8 Å². The number of oxazole rings is 1. The van der Waals surface area contributed by atoms with E-state index in [2.05, 4.69) is 15.0 Å². The smallest absolute Gasteiger partial charge is 0.310 e. The molecule has 4 aromatic heterocycles. The van der Waals surface area contributed by atoms with Crippen LogP contribution in [0.2, 0.25) is 0 Å². The maximum Gasteiger partial charge on any atom is 0.310 e. The van der Waals surface area contributed by atoms with Crippen LogP contribution in [0.1, 0.15) is 39.4 Å². The molecule has 0 saturated carbocycles. The Labute approximate surface area is 171 Å². The lowest BCUT2D eigenvalue weighted by Gasteiger charge is -2.32. The number of carbonyl (C=O) groups excluding carboxylic acids is 1. The SMILES string of the molecule is Cc1cccn2nc([C@@H]3c4nc[nH]c4CCN3C(=O)c3nc4ccccc4o3)cc12. The quantitative estimate of drug-likeness (QED) is 0.493. The number of para-hydroxylation sites is 2. The molecule has 1 N–H and O–H groups in total. The Morgan fingerprint density at radius 1 is 1.23 bits per heavy atom. The minimum atomic E-state index is -0.415. The molecule has 0 spiro atoms. The number of H-pyrrole nitrogens is 1. The topological polar surface area (TPSA) is 92.3 Å². The van der Waals surface area contributed by atoms with Crippen molar-refractivity contribution in [3.63, 3.8) is 0 Å². The number of aromatic amines is 1. The van der Waals surface area contributed by atoms with Gasteiger partial charge in [0.25, 0.3) is 5.89 Å².